The highest BCUT2D eigenvalue weighted by Crippen LogP contribution is 2.27. The maximum absolute atomic E-state index is 7.88. The number of para-hydroxylation sites is 1. The second-order valence-corrected chi connectivity index (χ2v) is 3.74. The number of anilines is 1. The number of nitrogens with one attached hydrogen (secondary N) is 1. The van der Waals surface area contributed by atoms with Gasteiger partial charge in [0.05, 0.1) is 5.69 Å². The Bertz CT molecular complexity index is 380. The minimum Gasteiger partial charge on any atom is -0.284 e. The van der Waals surface area contributed by atoms with Crippen LogP contribution in [0.4, 0.5) is 5.69 Å². The summed E-state index contributed by atoms with van der Waals surface area (Å²) < 4.78 is 0. The molecule has 0 aromatic heterocycles. The van der Waals surface area contributed by atoms with Crippen LogP contribution in [0.2, 0.25) is 0 Å². The first kappa shape index (κ1) is 8.87. The molecule has 1 N–H and O–H groups in total. The average Bonchev–Trinajstić information content (AvgIpc) is 2.44. The van der Waals surface area contributed by atoms with Crippen LogP contribution in [0.5, 0.6) is 0 Å². The van der Waals surface area contributed by atoms with Gasteiger partial charge in [0.2, 0.25) is 0 Å². The Kier molecular flexibility index (Phi) is 1.84. The van der Waals surface area contributed by atoms with Crippen molar-refractivity contribution in [3.05, 3.63) is 30.3 Å². The topological polar surface area (TPSA) is 51.8 Å². The van der Waals surface area contributed by atoms with Crippen LogP contribution in [-0.4, -0.2) is 11.4 Å². The van der Waals surface area contributed by atoms with E-state index in [2.05, 4.69) is 10.3 Å². The van der Waals surface area contributed by atoms with Crippen molar-refractivity contribution < 1.29 is 0 Å². The third kappa shape index (κ3) is 1.28. The molecule has 1 aromatic carbocycles. The molecule has 1 aliphatic heterocycles. The molecular formula is C10H12N4. The first-order valence-corrected chi connectivity index (χ1v) is 4.48. The van der Waals surface area contributed by atoms with E-state index in [0.29, 0.717) is 5.84 Å². The summed E-state index contributed by atoms with van der Waals surface area (Å²) in [5.74, 6) is 0.406. The van der Waals surface area contributed by atoms with Gasteiger partial charge >= 0.3 is 0 Å². The zero-order valence-corrected chi connectivity index (χ0v) is 8.23. The van der Waals surface area contributed by atoms with Crippen LogP contribution >= 0.6 is 0 Å². The van der Waals surface area contributed by atoms with Crippen LogP contribution < -0.4 is 5.01 Å². The van der Waals surface area contributed by atoms with Crippen LogP contribution in [-0.2, 0) is 0 Å². The van der Waals surface area contributed by atoms with Crippen molar-refractivity contribution >= 4 is 11.5 Å². The molecule has 0 radical (unpaired) electrons. The second-order valence-electron chi connectivity index (χ2n) is 3.74. The maximum Gasteiger partial charge on any atom is 0.153 e. The average molecular weight is 188 g/mol. The summed E-state index contributed by atoms with van der Waals surface area (Å²) in [7, 11) is 0. The van der Waals surface area contributed by atoms with E-state index in [9.17, 15) is 0 Å². The molecule has 4 nitrogen and oxygen atoms in total. The fourth-order valence-electron chi connectivity index (χ4n) is 1.26. The smallest absolute Gasteiger partial charge is 0.153 e. The van der Waals surface area contributed by atoms with Crippen LogP contribution in [0.25, 0.3) is 0 Å². The van der Waals surface area contributed by atoms with Gasteiger partial charge in [0.15, 0.2) is 5.84 Å². The summed E-state index contributed by atoms with van der Waals surface area (Å²) in [6.45, 7) is 3.75. The quantitative estimate of drug-likeness (QED) is 0.723. The first-order chi connectivity index (χ1) is 6.61. The van der Waals surface area contributed by atoms with Crippen molar-refractivity contribution in [1.29, 1.82) is 5.41 Å². The monoisotopic (exact) mass is 188 g/mol. The van der Waals surface area contributed by atoms with Crippen molar-refractivity contribution in [2.45, 2.75) is 19.4 Å². The van der Waals surface area contributed by atoms with Gasteiger partial charge in [-0.15, -0.1) is 0 Å². The van der Waals surface area contributed by atoms with Gasteiger partial charge < -0.3 is 0 Å². The molecule has 1 heterocycles. The predicted molar refractivity (Wildman–Crippen MR) is 55.6 cm³/mol. The number of hydrogen-bond acceptors (Lipinski definition) is 3. The van der Waals surface area contributed by atoms with Crippen molar-refractivity contribution in [1.82, 2.24) is 0 Å². The van der Waals surface area contributed by atoms with Crippen molar-refractivity contribution in [3.8, 4) is 0 Å². The largest absolute Gasteiger partial charge is 0.284 e. The molecule has 1 aromatic rings. The number of rotatable bonds is 1. The molecule has 72 valence electrons. The minimum atomic E-state index is -0.504. The van der Waals surface area contributed by atoms with Crippen LogP contribution in [0.3, 0.4) is 0 Å². The number of benzene rings is 1. The highest BCUT2D eigenvalue weighted by Gasteiger charge is 2.34. The first-order valence-electron chi connectivity index (χ1n) is 4.48. The van der Waals surface area contributed by atoms with Crippen LogP contribution in [0.1, 0.15) is 13.8 Å². The van der Waals surface area contributed by atoms with Gasteiger partial charge in [0.1, 0.15) is 5.54 Å². The lowest BCUT2D eigenvalue weighted by atomic mass is 10.1. The molecule has 0 atom stereocenters. The molecule has 0 spiro atoms. The van der Waals surface area contributed by atoms with Crippen molar-refractivity contribution in [3.63, 3.8) is 0 Å². The molecule has 0 unspecified atom stereocenters. The van der Waals surface area contributed by atoms with E-state index in [1.165, 1.54) is 0 Å². The number of nitrogens with zero attached hydrogens (tertiary/aromatic N) is 3. The van der Waals surface area contributed by atoms with Crippen LogP contribution in [0, 0.1) is 5.41 Å². The summed E-state index contributed by atoms with van der Waals surface area (Å²) in [6.07, 6.45) is 0. The Hall–Kier alpha value is -1.71. The van der Waals surface area contributed by atoms with E-state index in [0.717, 1.165) is 5.69 Å². The van der Waals surface area contributed by atoms with E-state index in [1.54, 1.807) is 5.01 Å². The van der Waals surface area contributed by atoms with E-state index >= 15 is 0 Å². The van der Waals surface area contributed by atoms with E-state index in [-0.39, 0.29) is 0 Å². The normalized spacial score (nSPS) is 19.0. The number of hydrogen-bond donors (Lipinski definition) is 1. The molecular weight excluding hydrogens is 176 g/mol. The fraction of sp³-hybridized carbons (Fsp3) is 0.300. The Morgan fingerprint density at radius 2 is 1.86 bits per heavy atom. The standard InChI is InChI=1S/C10H12N4/c1-10(2)9(11)14(13-12-10)8-6-4-3-5-7-8/h3-7,11H,1-2H3. The molecule has 0 fully saturated rings. The molecule has 2 rings (SSSR count). The molecule has 0 saturated heterocycles. The summed E-state index contributed by atoms with van der Waals surface area (Å²) >= 11 is 0. The highest BCUT2D eigenvalue weighted by molar-refractivity contribution is 6.02. The summed E-state index contributed by atoms with van der Waals surface area (Å²) in [5.41, 5.74) is 0.377. The van der Waals surface area contributed by atoms with Gasteiger partial charge in [-0.3, -0.25) is 5.41 Å². The Labute approximate surface area is 82.7 Å². The molecule has 0 aliphatic carbocycles. The molecule has 0 amide bonds. The van der Waals surface area contributed by atoms with Crippen LogP contribution in [0.15, 0.2) is 40.7 Å². The lowest BCUT2D eigenvalue weighted by Gasteiger charge is -2.17. The second kappa shape index (κ2) is 2.90. The molecule has 1 aliphatic rings. The van der Waals surface area contributed by atoms with E-state index in [4.69, 9.17) is 5.41 Å². The molecule has 0 saturated carbocycles. The fourth-order valence-corrected chi connectivity index (χ4v) is 1.26. The number of amidine groups is 1. The van der Waals surface area contributed by atoms with Gasteiger partial charge in [0.25, 0.3) is 0 Å². The van der Waals surface area contributed by atoms with Gasteiger partial charge in [-0.05, 0) is 26.0 Å². The van der Waals surface area contributed by atoms with Crippen molar-refractivity contribution in [2.24, 2.45) is 10.3 Å². The van der Waals surface area contributed by atoms with E-state index in [1.807, 2.05) is 44.2 Å². The Balaban J connectivity index is 2.33. The Morgan fingerprint density at radius 3 is 2.36 bits per heavy atom. The summed E-state index contributed by atoms with van der Waals surface area (Å²) in [6, 6.07) is 9.60. The summed E-state index contributed by atoms with van der Waals surface area (Å²) in [5, 5.41) is 17.4. The lowest BCUT2D eigenvalue weighted by Crippen LogP contribution is -2.34. The molecule has 4 heteroatoms. The van der Waals surface area contributed by atoms with E-state index < -0.39 is 5.54 Å². The molecule has 0 bridgehead atoms. The van der Waals surface area contributed by atoms with Gasteiger partial charge in [-0.25, -0.2) is 0 Å². The third-order valence-corrected chi connectivity index (χ3v) is 2.18. The zero-order valence-electron chi connectivity index (χ0n) is 8.23. The zero-order chi connectivity index (χ0) is 10.2. The SMILES string of the molecule is CC1(C)N=NN(c2ccccc2)C1=N. The highest BCUT2D eigenvalue weighted by atomic mass is 15.6. The Morgan fingerprint density at radius 1 is 1.21 bits per heavy atom. The van der Waals surface area contributed by atoms with Gasteiger partial charge in [-0.1, -0.05) is 23.4 Å². The van der Waals surface area contributed by atoms with Gasteiger partial charge in [-0.2, -0.15) is 10.1 Å². The van der Waals surface area contributed by atoms with Gasteiger partial charge in [0, 0.05) is 0 Å². The maximum atomic E-state index is 7.88. The van der Waals surface area contributed by atoms with Crippen molar-refractivity contribution in [2.75, 3.05) is 5.01 Å². The predicted octanol–water partition coefficient (Wildman–Crippen LogP) is 2.63. The molecule has 14 heavy (non-hydrogen) atoms. The third-order valence-electron chi connectivity index (χ3n) is 2.18. The lowest BCUT2D eigenvalue weighted by molar-refractivity contribution is 0.686. The minimum absolute atomic E-state index is 0.406. The summed E-state index contributed by atoms with van der Waals surface area (Å²) in [4.78, 5) is 0.